The van der Waals surface area contributed by atoms with Crippen LogP contribution >= 0.6 is 0 Å². The van der Waals surface area contributed by atoms with E-state index in [9.17, 15) is 14.4 Å². The molecule has 1 aromatic heterocycles. The summed E-state index contributed by atoms with van der Waals surface area (Å²) in [5.74, 6) is -1.10. The number of amides is 4. The van der Waals surface area contributed by atoms with Gasteiger partial charge in [0, 0.05) is 75.6 Å². The number of benzene rings is 2. The number of rotatable bonds is 14. The summed E-state index contributed by atoms with van der Waals surface area (Å²) in [6.07, 6.45) is 12.7. The molecule has 2 saturated heterocycles. The number of likely N-dealkylation sites (tertiary alicyclic amines) is 1. The third kappa shape index (κ3) is 9.08. The monoisotopic (exact) mass is 747 g/mol. The number of H-pyrrole nitrogens is 1. The molecule has 0 unspecified atom stereocenters. The molecule has 3 aliphatic rings. The van der Waals surface area contributed by atoms with Crippen LogP contribution in [0.3, 0.4) is 0 Å². The second kappa shape index (κ2) is 17.9. The van der Waals surface area contributed by atoms with Gasteiger partial charge in [-0.05, 0) is 108 Å². The molecule has 294 valence electrons. The summed E-state index contributed by atoms with van der Waals surface area (Å²) in [6.45, 7) is 8.63. The molecule has 55 heavy (non-hydrogen) atoms. The second-order valence-electron chi connectivity index (χ2n) is 16.5. The Morgan fingerprint density at radius 3 is 2.42 bits per heavy atom. The van der Waals surface area contributed by atoms with Crippen molar-refractivity contribution in [3.8, 4) is 0 Å². The molecule has 4 heterocycles. The zero-order chi connectivity index (χ0) is 39.1. The molecule has 3 atom stereocenters. The van der Waals surface area contributed by atoms with E-state index in [0.717, 1.165) is 72.9 Å². The molecule has 2 aromatic carbocycles. The number of aromatic nitrogens is 1. The lowest BCUT2D eigenvalue weighted by Crippen LogP contribution is -2.66. The van der Waals surface area contributed by atoms with Crippen LogP contribution in [0.1, 0.15) is 101 Å². The molecular weight excluding hydrogens is 687 g/mol. The lowest BCUT2D eigenvalue weighted by Gasteiger charge is -2.56. The van der Waals surface area contributed by atoms with Crippen molar-refractivity contribution in [1.82, 2.24) is 25.0 Å². The largest absolute Gasteiger partial charge is 0.356 e. The van der Waals surface area contributed by atoms with Gasteiger partial charge in [-0.1, -0.05) is 65.8 Å². The summed E-state index contributed by atoms with van der Waals surface area (Å²) in [5.41, 5.74) is 6.97. The fourth-order valence-electron chi connectivity index (χ4n) is 9.14. The first kappa shape index (κ1) is 40.0. The molecule has 2 N–H and O–H groups in total. The van der Waals surface area contributed by atoms with E-state index in [1.807, 2.05) is 28.0 Å². The van der Waals surface area contributed by atoms with Crippen molar-refractivity contribution in [3.63, 3.8) is 0 Å². The van der Waals surface area contributed by atoms with Crippen LogP contribution in [0, 0.1) is 11.8 Å². The predicted molar refractivity (Wildman–Crippen MR) is 219 cm³/mol. The standard InChI is InChI=1S/C46H61N5O4/c1-32(2)13-12-14-33(3)22-25-47-41(52)31-36-30-39(45(55)50-26-10-7-11-27-50)46(24-21-34-15-8-6-9-16-34)43-38(23-28-51(46)44(36)54)37-19-17-35(29-40(37)48-43)18-20-42(53)49(4)5/h6,8-9,13,15-17,19,22,29,36,39,48H,7,10-12,14,18,20-21,23-28,30-31H2,1-5H3,(H,47,52)/b33-22+/t36-,39-,46+/m1/s1. The Morgan fingerprint density at radius 2 is 1.69 bits per heavy atom. The summed E-state index contributed by atoms with van der Waals surface area (Å²) in [4.78, 5) is 65.3. The summed E-state index contributed by atoms with van der Waals surface area (Å²) in [7, 11) is 3.56. The van der Waals surface area contributed by atoms with Crippen LogP contribution in [-0.4, -0.2) is 83.6 Å². The average Bonchev–Trinajstić information content (AvgIpc) is 3.56. The molecule has 6 rings (SSSR count). The van der Waals surface area contributed by atoms with Crippen LogP contribution in [0.15, 0.2) is 71.8 Å². The highest BCUT2D eigenvalue weighted by Crippen LogP contribution is 2.53. The Bertz CT molecular complexity index is 1920. The number of piperidine rings is 2. The number of allylic oxidation sites excluding steroid dienone is 3. The summed E-state index contributed by atoms with van der Waals surface area (Å²) >= 11 is 0. The number of hydrogen-bond donors (Lipinski definition) is 2. The average molecular weight is 748 g/mol. The number of aromatic amines is 1. The fraction of sp³-hybridized carbons (Fsp3) is 0.522. The van der Waals surface area contributed by atoms with Crippen LogP contribution in [0.4, 0.5) is 0 Å². The normalized spacial score (nSPS) is 21.2. The van der Waals surface area contributed by atoms with Crippen LogP contribution in [0.5, 0.6) is 0 Å². The van der Waals surface area contributed by atoms with Gasteiger partial charge in [0.15, 0.2) is 0 Å². The first-order valence-electron chi connectivity index (χ1n) is 20.5. The fourth-order valence-corrected chi connectivity index (χ4v) is 9.14. The highest BCUT2D eigenvalue weighted by atomic mass is 16.2. The van der Waals surface area contributed by atoms with E-state index < -0.39 is 17.4 Å². The van der Waals surface area contributed by atoms with E-state index in [4.69, 9.17) is 0 Å². The molecule has 0 saturated carbocycles. The minimum absolute atomic E-state index is 0.0356. The topological polar surface area (TPSA) is 106 Å². The van der Waals surface area contributed by atoms with E-state index in [1.54, 1.807) is 19.0 Å². The molecule has 0 radical (unpaired) electrons. The quantitative estimate of drug-likeness (QED) is 0.170. The smallest absolute Gasteiger partial charge is 0.228 e. The number of aryl methyl sites for hydroxylation is 2. The molecule has 2 fully saturated rings. The zero-order valence-electron chi connectivity index (χ0n) is 33.7. The summed E-state index contributed by atoms with van der Waals surface area (Å²) in [5, 5.41) is 4.16. The van der Waals surface area contributed by atoms with E-state index in [0.29, 0.717) is 51.6 Å². The highest BCUT2D eigenvalue weighted by molar-refractivity contribution is 5.93. The maximum Gasteiger partial charge on any atom is 0.228 e. The van der Waals surface area contributed by atoms with Gasteiger partial charge in [0.25, 0.3) is 0 Å². The maximum absolute atomic E-state index is 15.0. The predicted octanol–water partition coefficient (Wildman–Crippen LogP) is 7.25. The molecule has 4 amide bonds. The van der Waals surface area contributed by atoms with Gasteiger partial charge in [-0.2, -0.15) is 0 Å². The Balaban J connectivity index is 1.35. The molecule has 0 aliphatic carbocycles. The lowest BCUT2D eigenvalue weighted by atomic mass is 9.64. The van der Waals surface area contributed by atoms with Gasteiger partial charge in [0.05, 0.1) is 11.5 Å². The van der Waals surface area contributed by atoms with Crippen molar-refractivity contribution in [1.29, 1.82) is 0 Å². The van der Waals surface area contributed by atoms with Crippen LogP contribution in [0.2, 0.25) is 0 Å². The van der Waals surface area contributed by atoms with Gasteiger partial charge in [0.1, 0.15) is 0 Å². The minimum Gasteiger partial charge on any atom is -0.356 e. The Kier molecular flexibility index (Phi) is 13.0. The summed E-state index contributed by atoms with van der Waals surface area (Å²) < 4.78 is 0. The van der Waals surface area contributed by atoms with Gasteiger partial charge in [0.2, 0.25) is 23.6 Å². The SMILES string of the molecule is CC(C)=CCC/C(C)=C/CNC(=O)C[C@H]1C[C@H](C(=O)N2CCCCC2)[C@@]2(CCc3ccccc3)c3[nH]c4cc(CCC(=O)N(C)C)ccc4c3CCN2C1=O. The molecular formula is C46H61N5O4. The van der Waals surface area contributed by atoms with Gasteiger partial charge in [-0.15, -0.1) is 0 Å². The van der Waals surface area contributed by atoms with Gasteiger partial charge >= 0.3 is 0 Å². The minimum atomic E-state index is -0.896. The first-order chi connectivity index (χ1) is 26.5. The van der Waals surface area contributed by atoms with Crippen LogP contribution in [-0.2, 0) is 44.0 Å². The summed E-state index contributed by atoms with van der Waals surface area (Å²) in [6, 6.07) is 16.7. The van der Waals surface area contributed by atoms with E-state index in [2.05, 4.69) is 73.6 Å². The lowest BCUT2D eigenvalue weighted by molar-refractivity contribution is -0.167. The number of hydrogen-bond acceptors (Lipinski definition) is 4. The third-order valence-electron chi connectivity index (χ3n) is 12.2. The molecule has 9 nitrogen and oxygen atoms in total. The van der Waals surface area contributed by atoms with Crippen molar-refractivity contribution >= 4 is 34.5 Å². The number of carbonyl (C=O) groups is 4. The van der Waals surface area contributed by atoms with Gasteiger partial charge in [-0.25, -0.2) is 0 Å². The number of nitrogens with one attached hydrogen (secondary N) is 2. The van der Waals surface area contributed by atoms with Gasteiger partial charge < -0.3 is 25.0 Å². The number of nitrogens with zero attached hydrogens (tertiary/aromatic N) is 3. The molecule has 9 heteroatoms. The number of fused-ring (bicyclic) bond motifs is 5. The van der Waals surface area contributed by atoms with Crippen molar-refractivity contribution in [2.45, 2.75) is 103 Å². The Morgan fingerprint density at radius 1 is 0.927 bits per heavy atom. The van der Waals surface area contributed by atoms with Crippen molar-refractivity contribution < 1.29 is 19.2 Å². The second-order valence-corrected chi connectivity index (χ2v) is 16.5. The maximum atomic E-state index is 15.0. The highest BCUT2D eigenvalue weighted by Gasteiger charge is 2.59. The molecule has 3 aliphatic heterocycles. The van der Waals surface area contributed by atoms with Crippen LogP contribution < -0.4 is 5.32 Å². The third-order valence-corrected chi connectivity index (χ3v) is 12.2. The van der Waals surface area contributed by atoms with Crippen LogP contribution in [0.25, 0.3) is 10.9 Å². The van der Waals surface area contributed by atoms with Crippen molar-refractivity contribution in [3.05, 3.63) is 94.2 Å². The van der Waals surface area contributed by atoms with E-state index in [-0.39, 0.29) is 30.0 Å². The van der Waals surface area contributed by atoms with E-state index >= 15 is 4.79 Å². The Labute approximate surface area is 327 Å². The van der Waals surface area contributed by atoms with E-state index in [1.165, 1.54) is 16.7 Å². The Hall–Kier alpha value is -4.66. The van der Waals surface area contributed by atoms with Crippen molar-refractivity contribution in [2.24, 2.45) is 11.8 Å². The van der Waals surface area contributed by atoms with Gasteiger partial charge in [-0.3, -0.25) is 19.2 Å². The molecule has 3 aromatic rings. The molecule has 0 bridgehead atoms. The first-order valence-corrected chi connectivity index (χ1v) is 20.5. The van der Waals surface area contributed by atoms with Crippen molar-refractivity contribution in [2.75, 3.05) is 40.3 Å². The molecule has 0 spiro atoms. The number of carbonyl (C=O) groups excluding carboxylic acids is 4. The zero-order valence-corrected chi connectivity index (χ0v) is 33.7.